The molecule has 2 heterocycles. The van der Waals surface area contributed by atoms with Gasteiger partial charge in [0.2, 0.25) is 0 Å². The van der Waals surface area contributed by atoms with E-state index in [0.717, 1.165) is 46.1 Å². The zero-order valence-corrected chi connectivity index (χ0v) is 18.0. The molecule has 0 amide bonds. The third kappa shape index (κ3) is 3.53. The Morgan fingerprint density at radius 1 is 1.03 bits per heavy atom. The van der Waals surface area contributed by atoms with Crippen molar-refractivity contribution < 1.29 is 0 Å². The summed E-state index contributed by atoms with van der Waals surface area (Å²) >= 11 is 3.35. The first-order chi connectivity index (χ1) is 14.2. The molecule has 0 spiro atoms. The Hall–Kier alpha value is -2.37. The number of thioether (sulfide) groups is 1. The number of fused-ring (bicyclic) bond motifs is 3. The van der Waals surface area contributed by atoms with Crippen LogP contribution in [0.25, 0.3) is 15.9 Å². The Labute approximate surface area is 178 Å². The van der Waals surface area contributed by atoms with E-state index in [-0.39, 0.29) is 5.56 Å². The van der Waals surface area contributed by atoms with Gasteiger partial charge in [0.1, 0.15) is 4.83 Å². The third-order valence-electron chi connectivity index (χ3n) is 5.46. The van der Waals surface area contributed by atoms with Crippen LogP contribution in [0.4, 0.5) is 0 Å². The van der Waals surface area contributed by atoms with Gasteiger partial charge in [-0.2, -0.15) is 0 Å². The number of hydrogen-bond donors (Lipinski definition) is 0. The van der Waals surface area contributed by atoms with Crippen LogP contribution in [-0.4, -0.2) is 9.55 Å². The van der Waals surface area contributed by atoms with Gasteiger partial charge in [0, 0.05) is 10.6 Å². The average Bonchev–Trinajstić information content (AvgIpc) is 3.13. The van der Waals surface area contributed by atoms with Crippen molar-refractivity contribution in [1.82, 2.24) is 9.55 Å². The van der Waals surface area contributed by atoms with Gasteiger partial charge < -0.3 is 0 Å². The van der Waals surface area contributed by atoms with Gasteiger partial charge in [0.25, 0.3) is 5.56 Å². The fourth-order valence-electron chi connectivity index (χ4n) is 3.93. The first-order valence-corrected chi connectivity index (χ1v) is 11.8. The zero-order valence-electron chi connectivity index (χ0n) is 16.4. The molecule has 0 saturated heterocycles. The number of benzene rings is 2. The molecule has 146 valence electrons. The Balaban J connectivity index is 1.68. The van der Waals surface area contributed by atoms with Crippen LogP contribution in [0.2, 0.25) is 0 Å². The lowest BCUT2D eigenvalue weighted by Crippen LogP contribution is -2.22. The molecule has 2 aromatic heterocycles. The standard InChI is InChI=1S/C24H22N2OS2/c1-16-11-13-18(14-12-16)26-23(27)21-19-9-5-6-10-20(19)29-22(21)25-24(26)28-15-17-7-3-2-4-8-17/h2-4,7-8,11-14H,5-6,9-10,15H2,1H3. The first kappa shape index (κ1) is 18.6. The maximum atomic E-state index is 13.7. The van der Waals surface area contributed by atoms with Gasteiger partial charge in [-0.25, -0.2) is 4.98 Å². The van der Waals surface area contributed by atoms with Gasteiger partial charge in [-0.1, -0.05) is 59.8 Å². The number of aromatic nitrogens is 2. The smallest absolute Gasteiger partial charge is 0.267 e. The molecule has 5 heteroatoms. The SMILES string of the molecule is Cc1ccc(-n2c(SCc3ccccc3)nc3sc4c(c3c2=O)CCCC4)cc1. The van der Waals surface area contributed by atoms with Gasteiger partial charge >= 0.3 is 0 Å². The molecule has 0 aliphatic heterocycles. The van der Waals surface area contributed by atoms with Crippen LogP contribution in [0, 0.1) is 6.92 Å². The fraction of sp³-hybridized carbons (Fsp3) is 0.250. The van der Waals surface area contributed by atoms with Gasteiger partial charge in [-0.15, -0.1) is 11.3 Å². The van der Waals surface area contributed by atoms with E-state index in [0.29, 0.717) is 0 Å². The van der Waals surface area contributed by atoms with Crippen molar-refractivity contribution in [3.05, 3.63) is 86.5 Å². The molecule has 1 aliphatic carbocycles. The van der Waals surface area contributed by atoms with Gasteiger partial charge in [0.15, 0.2) is 5.16 Å². The average molecular weight is 419 g/mol. The lowest BCUT2D eigenvalue weighted by atomic mass is 9.97. The second kappa shape index (κ2) is 7.81. The van der Waals surface area contributed by atoms with E-state index in [1.54, 1.807) is 23.1 Å². The summed E-state index contributed by atoms with van der Waals surface area (Å²) in [6.45, 7) is 2.06. The molecular formula is C24H22N2OS2. The van der Waals surface area contributed by atoms with Gasteiger partial charge in [-0.05, 0) is 55.9 Å². The first-order valence-electron chi connectivity index (χ1n) is 10.0. The number of aryl methyl sites for hydroxylation is 3. The van der Waals surface area contributed by atoms with Crippen LogP contribution >= 0.6 is 23.1 Å². The summed E-state index contributed by atoms with van der Waals surface area (Å²) in [4.78, 5) is 21.0. The molecule has 3 nitrogen and oxygen atoms in total. The number of thiophene rings is 1. The molecule has 0 N–H and O–H groups in total. The zero-order chi connectivity index (χ0) is 19.8. The topological polar surface area (TPSA) is 34.9 Å². The maximum absolute atomic E-state index is 13.7. The summed E-state index contributed by atoms with van der Waals surface area (Å²) in [5.74, 6) is 0.787. The minimum absolute atomic E-state index is 0.0776. The molecule has 29 heavy (non-hydrogen) atoms. The summed E-state index contributed by atoms with van der Waals surface area (Å²) in [6, 6.07) is 18.5. The summed E-state index contributed by atoms with van der Waals surface area (Å²) < 4.78 is 1.82. The van der Waals surface area contributed by atoms with Gasteiger partial charge in [-0.3, -0.25) is 9.36 Å². The quantitative estimate of drug-likeness (QED) is 0.304. The highest BCUT2D eigenvalue weighted by atomic mass is 32.2. The molecule has 0 saturated carbocycles. The van der Waals surface area contributed by atoms with E-state index < -0.39 is 0 Å². The van der Waals surface area contributed by atoms with Crippen molar-refractivity contribution in [2.45, 2.75) is 43.5 Å². The Morgan fingerprint density at radius 3 is 2.59 bits per heavy atom. The molecule has 4 aromatic rings. The van der Waals surface area contributed by atoms with Crippen molar-refractivity contribution in [3.63, 3.8) is 0 Å². The molecule has 0 unspecified atom stereocenters. The van der Waals surface area contributed by atoms with Crippen molar-refractivity contribution in [3.8, 4) is 5.69 Å². The van der Waals surface area contributed by atoms with Crippen LogP contribution < -0.4 is 5.56 Å². The second-order valence-electron chi connectivity index (χ2n) is 7.54. The van der Waals surface area contributed by atoms with Crippen LogP contribution in [0.15, 0.2) is 64.5 Å². The van der Waals surface area contributed by atoms with Crippen molar-refractivity contribution >= 4 is 33.3 Å². The van der Waals surface area contributed by atoms with Crippen LogP contribution in [0.1, 0.15) is 34.4 Å². The van der Waals surface area contributed by atoms with E-state index in [1.807, 2.05) is 34.9 Å². The predicted molar refractivity (Wildman–Crippen MR) is 123 cm³/mol. The molecule has 0 atom stereocenters. The molecule has 0 bridgehead atoms. The lowest BCUT2D eigenvalue weighted by molar-refractivity contribution is 0.699. The minimum Gasteiger partial charge on any atom is -0.268 e. The molecule has 1 aliphatic rings. The molecule has 2 aromatic carbocycles. The molecule has 5 rings (SSSR count). The fourth-order valence-corrected chi connectivity index (χ4v) is 6.20. The summed E-state index contributed by atoms with van der Waals surface area (Å²) in [5.41, 5.74) is 4.62. The molecule has 0 fully saturated rings. The van der Waals surface area contributed by atoms with E-state index in [2.05, 4.69) is 31.2 Å². The lowest BCUT2D eigenvalue weighted by Gasteiger charge is -2.14. The Morgan fingerprint density at radius 2 is 1.79 bits per heavy atom. The molecular weight excluding hydrogens is 396 g/mol. The third-order valence-corrected chi connectivity index (χ3v) is 7.66. The van der Waals surface area contributed by atoms with Gasteiger partial charge in [0.05, 0.1) is 11.1 Å². The van der Waals surface area contributed by atoms with Crippen molar-refractivity contribution in [2.24, 2.45) is 0 Å². The molecule has 0 radical (unpaired) electrons. The van der Waals surface area contributed by atoms with Crippen LogP contribution in [0.5, 0.6) is 0 Å². The normalized spacial score (nSPS) is 13.6. The minimum atomic E-state index is 0.0776. The monoisotopic (exact) mass is 418 g/mol. The van der Waals surface area contributed by atoms with Crippen LogP contribution in [-0.2, 0) is 18.6 Å². The Bertz CT molecular complexity index is 1220. The van der Waals surface area contributed by atoms with E-state index in [9.17, 15) is 4.79 Å². The summed E-state index contributed by atoms with van der Waals surface area (Å²) in [5, 5.41) is 1.61. The second-order valence-corrected chi connectivity index (χ2v) is 9.56. The highest BCUT2D eigenvalue weighted by molar-refractivity contribution is 7.98. The van der Waals surface area contributed by atoms with Crippen molar-refractivity contribution in [2.75, 3.05) is 0 Å². The number of nitrogens with zero attached hydrogens (tertiary/aromatic N) is 2. The Kier molecular flexibility index (Phi) is 5.02. The highest BCUT2D eigenvalue weighted by Gasteiger charge is 2.22. The summed E-state index contributed by atoms with van der Waals surface area (Å²) in [7, 11) is 0. The number of rotatable bonds is 4. The van der Waals surface area contributed by atoms with E-state index >= 15 is 0 Å². The van der Waals surface area contributed by atoms with E-state index in [4.69, 9.17) is 4.98 Å². The maximum Gasteiger partial charge on any atom is 0.267 e. The van der Waals surface area contributed by atoms with E-state index in [1.165, 1.54) is 28.0 Å². The predicted octanol–water partition coefficient (Wildman–Crippen LogP) is 5.93. The highest BCUT2D eigenvalue weighted by Crippen LogP contribution is 2.35. The largest absolute Gasteiger partial charge is 0.268 e. The number of hydrogen-bond acceptors (Lipinski definition) is 4. The van der Waals surface area contributed by atoms with Crippen LogP contribution in [0.3, 0.4) is 0 Å². The summed E-state index contributed by atoms with van der Waals surface area (Å²) in [6.07, 6.45) is 4.44. The van der Waals surface area contributed by atoms with Crippen molar-refractivity contribution in [1.29, 1.82) is 0 Å².